The first kappa shape index (κ1) is 14.1. The highest BCUT2D eigenvalue weighted by atomic mass is 35.5. The number of ether oxygens (including phenoxy) is 1. The normalized spacial score (nSPS) is 13.3. The molecule has 0 aliphatic heterocycles. The van der Waals surface area contributed by atoms with Gasteiger partial charge in [-0.1, -0.05) is 11.6 Å². The molecule has 94 valence electrons. The van der Waals surface area contributed by atoms with Crippen molar-refractivity contribution in [3.8, 4) is 5.75 Å². The lowest BCUT2D eigenvalue weighted by atomic mass is 10.1. The van der Waals surface area contributed by atoms with Crippen LogP contribution in [-0.4, -0.2) is 17.5 Å². The molecule has 0 aliphatic rings. The van der Waals surface area contributed by atoms with E-state index in [1.165, 1.54) is 13.0 Å². The maximum atomic E-state index is 12.0. The van der Waals surface area contributed by atoms with Crippen molar-refractivity contribution in [1.82, 2.24) is 0 Å². The van der Waals surface area contributed by atoms with Crippen LogP contribution in [-0.2, 0) is 0 Å². The maximum absolute atomic E-state index is 12.0. The first-order valence-electron chi connectivity index (χ1n) is 4.43. The molecule has 0 aromatic heterocycles. The average molecular weight is 287 g/mol. The molecule has 0 spiro atoms. The zero-order valence-corrected chi connectivity index (χ0v) is 10.0. The molecule has 17 heavy (non-hydrogen) atoms. The van der Waals surface area contributed by atoms with E-state index in [1.54, 1.807) is 0 Å². The Morgan fingerprint density at radius 1 is 1.35 bits per heavy atom. The van der Waals surface area contributed by atoms with Gasteiger partial charge >= 0.3 is 6.36 Å². The second-order valence-electron chi connectivity index (χ2n) is 3.20. The summed E-state index contributed by atoms with van der Waals surface area (Å²) in [7, 11) is 0. The fraction of sp³-hybridized carbons (Fsp3) is 0.300. The Morgan fingerprint density at radius 2 is 1.94 bits per heavy atom. The molecule has 0 fully saturated rings. The van der Waals surface area contributed by atoms with Crippen LogP contribution < -0.4 is 4.74 Å². The topological polar surface area (TPSA) is 26.3 Å². The number of carbonyl (C=O) groups excluding carboxylic acids is 1. The Balaban J connectivity index is 3.07. The van der Waals surface area contributed by atoms with Gasteiger partial charge in [0.25, 0.3) is 0 Å². The molecule has 1 aromatic carbocycles. The minimum Gasteiger partial charge on any atom is -0.406 e. The van der Waals surface area contributed by atoms with E-state index in [1.807, 2.05) is 0 Å². The van der Waals surface area contributed by atoms with E-state index in [9.17, 15) is 18.0 Å². The van der Waals surface area contributed by atoms with Gasteiger partial charge in [-0.15, -0.1) is 24.8 Å². The molecule has 0 bridgehead atoms. The highest BCUT2D eigenvalue weighted by molar-refractivity contribution is 6.34. The Hall–Kier alpha value is -0.940. The van der Waals surface area contributed by atoms with Crippen LogP contribution in [0, 0.1) is 0 Å². The fourth-order valence-corrected chi connectivity index (χ4v) is 1.48. The smallest absolute Gasteiger partial charge is 0.406 e. The van der Waals surface area contributed by atoms with E-state index in [2.05, 4.69) is 4.74 Å². The largest absolute Gasteiger partial charge is 0.573 e. The lowest BCUT2D eigenvalue weighted by Gasteiger charge is -2.11. The number of Topliss-reactive ketones (excluding diaryl/α,β-unsaturated/α-hetero) is 1. The van der Waals surface area contributed by atoms with E-state index in [0.29, 0.717) is 0 Å². The summed E-state index contributed by atoms with van der Waals surface area (Å²) in [6, 6.07) is 3.14. The molecule has 0 radical (unpaired) electrons. The standard InChI is InChI=1S/C10H7Cl2F3O2/c1-5(11)9(16)6-2-7(12)4-8(3-6)17-10(13,14)15/h2-5H,1H3. The molecule has 1 unspecified atom stereocenters. The van der Waals surface area contributed by atoms with Crippen LogP contribution >= 0.6 is 23.2 Å². The number of alkyl halides is 4. The summed E-state index contributed by atoms with van der Waals surface area (Å²) < 4.78 is 39.6. The van der Waals surface area contributed by atoms with Crippen molar-refractivity contribution >= 4 is 29.0 Å². The molecular formula is C10H7Cl2F3O2. The molecule has 2 nitrogen and oxygen atoms in total. The van der Waals surface area contributed by atoms with Crippen molar-refractivity contribution in [2.24, 2.45) is 0 Å². The number of ketones is 1. The van der Waals surface area contributed by atoms with Crippen LogP contribution in [0.2, 0.25) is 5.02 Å². The Morgan fingerprint density at radius 3 is 2.41 bits per heavy atom. The van der Waals surface area contributed by atoms with Gasteiger partial charge in [0, 0.05) is 10.6 Å². The van der Waals surface area contributed by atoms with Crippen LogP contribution in [0.15, 0.2) is 18.2 Å². The summed E-state index contributed by atoms with van der Waals surface area (Å²) in [5.41, 5.74) is -0.0285. The van der Waals surface area contributed by atoms with Gasteiger partial charge in [0.2, 0.25) is 0 Å². The highest BCUT2D eigenvalue weighted by Crippen LogP contribution is 2.27. The van der Waals surface area contributed by atoms with Gasteiger partial charge in [-0.25, -0.2) is 0 Å². The van der Waals surface area contributed by atoms with Crippen molar-refractivity contribution in [3.63, 3.8) is 0 Å². The lowest BCUT2D eigenvalue weighted by Crippen LogP contribution is -2.18. The van der Waals surface area contributed by atoms with Gasteiger partial charge < -0.3 is 4.74 Å². The Bertz CT molecular complexity index is 430. The second-order valence-corrected chi connectivity index (χ2v) is 4.29. The molecule has 0 aliphatic carbocycles. The quantitative estimate of drug-likeness (QED) is 0.619. The monoisotopic (exact) mass is 286 g/mol. The Labute approximate surface area is 105 Å². The number of carbonyl (C=O) groups is 1. The van der Waals surface area contributed by atoms with Crippen molar-refractivity contribution < 1.29 is 22.7 Å². The van der Waals surface area contributed by atoms with Crippen LogP contribution in [0.25, 0.3) is 0 Å². The highest BCUT2D eigenvalue weighted by Gasteiger charge is 2.31. The van der Waals surface area contributed by atoms with Gasteiger partial charge in [0.1, 0.15) is 5.75 Å². The van der Waals surface area contributed by atoms with Crippen molar-refractivity contribution in [1.29, 1.82) is 0 Å². The molecule has 1 aromatic rings. The number of hydrogen-bond acceptors (Lipinski definition) is 2. The zero-order valence-electron chi connectivity index (χ0n) is 8.52. The predicted octanol–water partition coefficient (Wildman–Crippen LogP) is 4.05. The summed E-state index contributed by atoms with van der Waals surface area (Å²) in [5, 5.41) is -0.889. The first-order valence-corrected chi connectivity index (χ1v) is 5.25. The minimum atomic E-state index is -4.84. The number of hydrogen-bond donors (Lipinski definition) is 0. The molecule has 1 rings (SSSR count). The van der Waals surface area contributed by atoms with E-state index in [0.717, 1.165) is 12.1 Å². The van der Waals surface area contributed by atoms with Gasteiger partial charge in [0.05, 0.1) is 5.38 Å². The molecule has 7 heteroatoms. The predicted molar refractivity (Wildman–Crippen MR) is 57.8 cm³/mol. The zero-order chi connectivity index (χ0) is 13.2. The molecule has 0 amide bonds. The van der Waals surface area contributed by atoms with Gasteiger partial charge in [-0.3, -0.25) is 4.79 Å². The average Bonchev–Trinajstić information content (AvgIpc) is 2.12. The molecular weight excluding hydrogens is 280 g/mol. The number of halogens is 5. The fourth-order valence-electron chi connectivity index (χ4n) is 1.13. The van der Waals surface area contributed by atoms with E-state index in [-0.39, 0.29) is 10.6 Å². The number of benzene rings is 1. The molecule has 1 atom stereocenters. The third-order valence-electron chi connectivity index (χ3n) is 1.75. The van der Waals surface area contributed by atoms with E-state index in [4.69, 9.17) is 23.2 Å². The van der Waals surface area contributed by atoms with Crippen LogP contribution in [0.1, 0.15) is 17.3 Å². The van der Waals surface area contributed by atoms with Gasteiger partial charge in [0.15, 0.2) is 5.78 Å². The van der Waals surface area contributed by atoms with E-state index < -0.39 is 23.3 Å². The van der Waals surface area contributed by atoms with Gasteiger partial charge in [-0.2, -0.15) is 0 Å². The first-order chi connectivity index (χ1) is 7.69. The summed E-state index contributed by atoms with van der Waals surface area (Å²) in [6.45, 7) is 1.41. The maximum Gasteiger partial charge on any atom is 0.573 e. The van der Waals surface area contributed by atoms with E-state index >= 15 is 0 Å². The summed E-state index contributed by atoms with van der Waals surface area (Å²) in [4.78, 5) is 11.5. The third-order valence-corrected chi connectivity index (χ3v) is 2.17. The van der Waals surface area contributed by atoms with Gasteiger partial charge in [-0.05, 0) is 25.1 Å². The summed E-state index contributed by atoms with van der Waals surface area (Å²) in [5.74, 6) is -1.08. The van der Waals surface area contributed by atoms with Crippen molar-refractivity contribution in [2.45, 2.75) is 18.7 Å². The second kappa shape index (κ2) is 5.14. The SMILES string of the molecule is CC(Cl)C(=O)c1cc(Cl)cc(OC(F)(F)F)c1. The Kier molecular flexibility index (Phi) is 4.27. The number of rotatable bonds is 3. The third kappa shape index (κ3) is 4.44. The summed E-state index contributed by atoms with van der Waals surface area (Å²) >= 11 is 11.1. The minimum absolute atomic E-state index is 0.0285. The van der Waals surface area contributed by atoms with Crippen LogP contribution in [0.4, 0.5) is 13.2 Å². The summed E-state index contributed by atoms with van der Waals surface area (Å²) in [6.07, 6.45) is -4.84. The molecule has 0 heterocycles. The molecule has 0 N–H and O–H groups in total. The molecule has 0 saturated carbocycles. The lowest BCUT2D eigenvalue weighted by molar-refractivity contribution is -0.274. The van der Waals surface area contributed by atoms with Crippen molar-refractivity contribution in [3.05, 3.63) is 28.8 Å². The van der Waals surface area contributed by atoms with Crippen LogP contribution in [0.5, 0.6) is 5.75 Å². The molecule has 0 saturated heterocycles. The van der Waals surface area contributed by atoms with Crippen molar-refractivity contribution in [2.75, 3.05) is 0 Å². The van der Waals surface area contributed by atoms with Crippen LogP contribution in [0.3, 0.4) is 0 Å².